The predicted octanol–water partition coefficient (Wildman–Crippen LogP) is -3.77. The normalized spacial score (nSPS) is 18.6. The van der Waals surface area contributed by atoms with Crippen LogP contribution in [0, 0.1) is 0 Å². The van der Waals surface area contributed by atoms with Gasteiger partial charge in [0.15, 0.2) is 6.54 Å². The molecule has 0 saturated heterocycles. The first-order valence-corrected chi connectivity index (χ1v) is 6.04. The highest BCUT2D eigenvalue weighted by atomic mass is 16.4. The molecule has 0 heterocycles. The van der Waals surface area contributed by atoms with E-state index in [1.807, 2.05) is 21.1 Å². The Morgan fingerprint density at radius 1 is 1.20 bits per heavy atom. The molecule has 9 nitrogen and oxygen atoms in total. The Morgan fingerprint density at radius 2 is 1.75 bits per heavy atom. The fourth-order valence-electron chi connectivity index (χ4n) is 1.28. The van der Waals surface area contributed by atoms with Crippen LogP contribution in [0.4, 0.5) is 0 Å². The third-order valence-corrected chi connectivity index (χ3v) is 2.32. The first kappa shape index (κ1) is 18.9. The van der Waals surface area contributed by atoms with Crippen LogP contribution in [0.25, 0.3) is 0 Å². The summed E-state index contributed by atoms with van der Waals surface area (Å²) in [5, 5.41) is 49.4. The fraction of sp³-hybridized carbons (Fsp3) is 0.818. The van der Waals surface area contributed by atoms with Crippen molar-refractivity contribution in [2.24, 2.45) is 5.10 Å². The van der Waals surface area contributed by atoms with Crippen LogP contribution in [0.3, 0.4) is 0 Å². The Balaban J connectivity index is 4.29. The van der Waals surface area contributed by atoms with Gasteiger partial charge in [-0.05, 0) is 0 Å². The summed E-state index contributed by atoms with van der Waals surface area (Å²) < 4.78 is 0.397. The lowest BCUT2D eigenvalue weighted by Crippen LogP contribution is -2.46. The third kappa shape index (κ3) is 7.48. The molecule has 0 aromatic carbocycles. The van der Waals surface area contributed by atoms with Gasteiger partial charge in [0.25, 0.3) is 5.91 Å². The molecule has 6 N–H and O–H groups in total. The molecule has 0 fully saturated rings. The van der Waals surface area contributed by atoms with Crippen LogP contribution in [-0.2, 0) is 4.79 Å². The summed E-state index contributed by atoms with van der Waals surface area (Å²) in [5.74, 6) is -0.383. The Hall–Kier alpha value is -1.10. The molecule has 0 aromatic rings. The van der Waals surface area contributed by atoms with E-state index in [0.29, 0.717) is 4.48 Å². The number of nitrogens with zero attached hydrogens (tertiary/aromatic N) is 2. The monoisotopic (exact) mass is 294 g/mol. The summed E-state index contributed by atoms with van der Waals surface area (Å²) in [4.78, 5) is 11.4. The zero-order valence-corrected chi connectivity index (χ0v) is 11.8. The average Bonchev–Trinajstić information content (AvgIpc) is 2.33. The van der Waals surface area contributed by atoms with E-state index in [1.54, 1.807) is 0 Å². The highest BCUT2D eigenvalue weighted by Crippen LogP contribution is 2.03. The van der Waals surface area contributed by atoms with E-state index in [2.05, 4.69) is 10.5 Å². The van der Waals surface area contributed by atoms with E-state index in [9.17, 15) is 20.1 Å². The Labute approximate surface area is 117 Å². The number of aliphatic hydroxyl groups excluding tert-OH is 5. The summed E-state index contributed by atoms with van der Waals surface area (Å²) in [5.41, 5.74) is 2.16. The highest BCUT2D eigenvalue weighted by molar-refractivity contribution is 5.78. The van der Waals surface area contributed by atoms with Crippen molar-refractivity contribution < 1.29 is 34.8 Å². The second-order valence-corrected chi connectivity index (χ2v) is 5.48. The van der Waals surface area contributed by atoms with Crippen molar-refractivity contribution in [2.75, 3.05) is 34.3 Å². The molecule has 0 rings (SSSR count). The molecule has 118 valence electrons. The van der Waals surface area contributed by atoms with Gasteiger partial charge in [0, 0.05) is 0 Å². The second kappa shape index (κ2) is 8.25. The molecular weight excluding hydrogens is 270 g/mol. The Morgan fingerprint density at radius 3 is 2.20 bits per heavy atom. The number of aliphatic hydroxyl groups is 5. The third-order valence-electron chi connectivity index (χ3n) is 2.32. The van der Waals surface area contributed by atoms with Crippen LogP contribution in [0.5, 0.6) is 0 Å². The van der Waals surface area contributed by atoms with Crippen molar-refractivity contribution in [2.45, 2.75) is 24.4 Å². The van der Waals surface area contributed by atoms with E-state index in [0.717, 1.165) is 6.21 Å². The number of hydrazone groups is 1. The maximum absolute atomic E-state index is 11.4. The minimum absolute atomic E-state index is 0.168. The number of carbonyl (C=O) groups is 1. The fourth-order valence-corrected chi connectivity index (χ4v) is 1.28. The molecular formula is C11H24N3O6+. The van der Waals surface area contributed by atoms with Crippen LogP contribution in [0.1, 0.15) is 0 Å². The molecule has 4 atom stereocenters. The van der Waals surface area contributed by atoms with Gasteiger partial charge >= 0.3 is 0 Å². The van der Waals surface area contributed by atoms with Crippen LogP contribution >= 0.6 is 0 Å². The number of hydrogen-bond donors (Lipinski definition) is 6. The smallest absolute Gasteiger partial charge is 0.295 e. The molecule has 1 amide bonds. The highest BCUT2D eigenvalue weighted by Gasteiger charge is 2.29. The minimum Gasteiger partial charge on any atom is -0.394 e. The first-order valence-electron chi connectivity index (χ1n) is 6.04. The number of hydrogen-bond acceptors (Lipinski definition) is 7. The zero-order valence-electron chi connectivity index (χ0n) is 11.8. The standard InChI is InChI=1S/C11H23N3O6/c1-14(2,3)5-9(18)13-12-4-7(16)10(19)11(20)8(17)6-15/h4,7-8,10-11,15-17,19-20H,5-6H2,1-3H3/p+1/b12-4+. The van der Waals surface area contributed by atoms with Crippen molar-refractivity contribution in [3.63, 3.8) is 0 Å². The van der Waals surface area contributed by atoms with E-state index < -0.39 is 31.0 Å². The van der Waals surface area contributed by atoms with Gasteiger partial charge < -0.3 is 30.0 Å². The summed E-state index contributed by atoms with van der Waals surface area (Å²) in [6, 6.07) is 0. The summed E-state index contributed by atoms with van der Waals surface area (Å²) in [6.45, 7) is -0.593. The second-order valence-electron chi connectivity index (χ2n) is 5.48. The molecule has 0 aliphatic rings. The van der Waals surface area contributed by atoms with Crippen LogP contribution in [-0.4, -0.2) is 101 Å². The van der Waals surface area contributed by atoms with Crippen molar-refractivity contribution >= 4 is 12.1 Å². The van der Waals surface area contributed by atoms with Crippen molar-refractivity contribution in [1.29, 1.82) is 0 Å². The van der Waals surface area contributed by atoms with E-state index in [4.69, 9.17) is 10.2 Å². The average molecular weight is 294 g/mol. The Bertz CT molecular complexity index is 331. The molecule has 0 saturated carbocycles. The maximum atomic E-state index is 11.4. The van der Waals surface area contributed by atoms with Crippen LogP contribution < -0.4 is 5.43 Å². The van der Waals surface area contributed by atoms with Gasteiger partial charge in [0.2, 0.25) is 0 Å². The lowest BCUT2D eigenvalue weighted by atomic mass is 10.0. The summed E-state index contributed by atoms with van der Waals surface area (Å²) in [7, 11) is 5.44. The quantitative estimate of drug-likeness (QED) is 0.154. The Kier molecular flexibility index (Phi) is 7.79. The predicted molar refractivity (Wildman–Crippen MR) is 70.6 cm³/mol. The number of amides is 1. The minimum atomic E-state index is -1.74. The largest absolute Gasteiger partial charge is 0.394 e. The summed E-state index contributed by atoms with van der Waals surface area (Å²) in [6.07, 6.45) is -5.83. The number of rotatable bonds is 8. The van der Waals surface area contributed by atoms with Gasteiger partial charge in [-0.3, -0.25) is 4.79 Å². The molecule has 0 spiro atoms. The van der Waals surface area contributed by atoms with E-state index >= 15 is 0 Å². The number of quaternary nitrogens is 1. The zero-order chi connectivity index (χ0) is 15.9. The van der Waals surface area contributed by atoms with Crippen molar-refractivity contribution in [3.8, 4) is 0 Å². The molecule has 0 aliphatic carbocycles. The van der Waals surface area contributed by atoms with E-state index in [-0.39, 0.29) is 12.5 Å². The molecule has 4 unspecified atom stereocenters. The van der Waals surface area contributed by atoms with Gasteiger partial charge in [-0.1, -0.05) is 0 Å². The summed E-state index contributed by atoms with van der Waals surface area (Å²) >= 11 is 0. The van der Waals surface area contributed by atoms with Gasteiger partial charge in [-0.2, -0.15) is 5.10 Å². The molecule has 9 heteroatoms. The lowest BCUT2D eigenvalue weighted by molar-refractivity contribution is -0.862. The van der Waals surface area contributed by atoms with Crippen molar-refractivity contribution in [1.82, 2.24) is 5.43 Å². The van der Waals surface area contributed by atoms with Crippen LogP contribution in [0.15, 0.2) is 5.10 Å². The SMILES string of the molecule is C[N+](C)(C)CC(=O)N/N=C/C(O)C(O)C(O)C(O)CO. The number of carbonyl (C=O) groups excluding carboxylic acids is 1. The van der Waals surface area contributed by atoms with Crippen LogP contribution in [0.2, 0.25) is 0 Å². The van der Waals surface area contributed by atoms with E-state index in [1.165, 1.54) is 0 Å². The number of likely N-dealkylation sites (N-methyl/N-ethyl adjacent to an activating group) is 1. The topological polar surface area (TPSA) is 143 Å². The lowest BCUT2D eigenvalue weighted by Gasteiger charge is -2.23. The van der Waals surface area contributed by atoms with Crippen molar-refractivity contribution in [3.05, 3.63) is 0 Å². The molecule has 0 bridgehead atoms. The first-order chi connectivity index (χ1) is 9.08. The van der Waals surface area contributed by atoms with Gasteiger partial charge in [0.05, 0.1) is 34.0 Å². The van der Waals surface area contributed by atoms with Gasteiger partial charge in [-0.15, -0.1) is 0 Å². The van der Waals surface area contributed by atoms with Gasteiger partial charge in [-0.25, -0.2) is 5.43 Å². The maximum Gasteiger partial charge on any atom is 0.295 e. The molecule has 0 radical (unpaired) electrons. The molecule has 0 aromatic heterocycles. The molecule has 20 heavy (non-hydrogen) atoms. The van der Waals surface area contributed by atoms with Gasteiger partial charge in [0.1, 0.15) is 24.4 Å². The number of nitrogens with one attached hydrogen (secondary N) is 1. The molecule has 0 aliphatic heterocycles.